The molecule has 134 valence electrons. The summed E-state index contributed by atoms with van der Waals surface area (Å²) in [5.41, 5.74) is 5.57. The molecule has 0 fully saturated rings. The number of benzene rings is 4. The molecule has 0 aliphatic rings. The number of hydrogen-bond donors (Lipinski definition) is 0. The molecule has 1 heterocycles. The molecule has 0 bridgehead atoms. The molecule has 0 aliphatic heterocycles. The Balaban J connectivity index is 1.78. The summed E-state index contributed by atoms with van der Waals surface area (Å²) in [6.07, 6.45) is 0. The lowest BCUT2D eigenvalue weighted by molar-refractivity contribution is 0.933. The van der Waals surface area contributed by atoms with Crippen LogP contribution in [0.5, 0.6) is 0 Å². The molecule has 0 N–H and O–H groups in total. The lowest BCUT2D eigenvalue weighted by atomic mass is 10.0. The van der Waals surface area contributed by atoms with Crippen LogP contribution in [0.15, 0.2) is 103 Å². The van der Waals surface area contributed by atoms with Crippen LogP contribution >= 0.6 is 0 Å². The molecular formula is C26H20N2. The smallest absolute Gasteiger partial charge is 0.140 e. The van der Waals surface area contributed by atoms with Gasteiger partial charge in [-0.15, -0.1) is 0 Å². The highest BCUT2D eigenvalue weighted by atomic mass is 15.1. The Bertz CT molecular complexity index is 1250. The van der Waals surface area contributed by atoms with Crippen molar-refractivity contribution in [3.05, 3.63) is 103 Å². The van der Waals surface area contributed by atoms with Gasteiger partial charge in [-0.1, -0.05) is 97.1 Å². The standard InChI is InChI=1S/C26H20N2/c1-28-25(23-17-16-19-10-8-9-15-22(19)18-23)24(20-11-4-2-5-12-20)27-26(28)21-13-6-3-7-14-21/h2-18H,1H3. The fourth-order valence-corrected chi connectivity index (χ4v) is 3.81. The molecule has 1 aromatic heterocycles. The molecule has 0 saturated carbocycles. The summed E-state index contributed by atoms with van der Waals surface area (Å²) in [4.78, 5) is 5.07. The fraction of sp³-hybridized carbons (Fsp3) is 0.0385. The highest BCUT2D eigenvalue weighted by Gasteiger charge is 2.19. The van der Waals surface area contributed by atoms with Crippen molar-refractivity contribution in [1.29, 1.82) is 0 Å². The van der Waals surface area contributed by atoms with Crippen LogP contribution in [-0.2, 0) is 7.05 Å². The van der Waals surface area contributed by atoms with E-state index in [1.165, 1.54) is 16.3 Å². The van der Waals surface area contributed by atoms with Gasteiger partial charge in [-0.25, -0.2) is 4.98 Å². The highest BCUT2D eigenvalue weighted by Crippen LogP contribution is 2.36. The molecule has 28 heavy (non-hydrogen) atoms. The zero-order valence-corrected chi connectivity index (χ0v) is 15.7. The van der Waals surface area contributed by atoms with Crippen molar-refractivity contribution in [2.24, 2.45) is 7.05 Å². The van der Waals surface area contributed by atoms with Crippen molar-refractivity contribution in [3.63, 3.8) is 0 Å². The van der Waals surface area contributed by atoms with E-state index in [2.05, 4.69) is 103 Å². The Kier molecular flexibility index (Phi) is 4.02. The Morgan fingerprint density at radius 2 is 1.18 bits per heavy atom. The van der Waals surface area contributed by atoms with Crippen LogP contribution in [0.1, 0.15) is 0 Å². The molecule has 2 nitrogen and oxygen atoms in total. The van der Waals surface area contributed by atoms with Gasteiger partial charge >= 0.3 is 0 Å². The SMILES string of the molecule is Cn1c(-c2ccccc2)nc(-c2ccccc2)c1-c1ccc2ccccc2c1. The minimum absolute atomic E-state index is 0.975. The van der Waals surface area contributed by atoms with Crippen LogP contribution in [0.4, 0.5) is 0 Å². The molecule has 0 radical (unpaired) electrons. The van der Waals surface area contributed by atoms with Gasteiger partial charge in [0.25, 0.3) is 0 Å². The van der Waals surface area contributed by atoms with E-state index in [-0.39, 0.29) is 0 Å². The first-order valence-electron chi connectivity index (χ1n) is 9.48. The number of hydrogen-bond acceptors (Lipinski definition) is 1. The van der Waals surface area contributed by atoms with Gasteiger partial charge in [-0.3, -0.25) is 0 Å². The number of nitrogens with zero attached hydrogens (tertiary/aromatic N) is 2. The average molecular weight is 360 g/mol. The van der Waals surface area contributed by atoms with Crippen LogP contribution < -0.4 is 0 Å². The maximum Gasteiger partial charge on any atom is 0.140 e. The van der Waals surface area contributed by atoms with E-state index in [0.717, 1.165) is 28.3 Å². The molecule has 5 aromatic rings. The monoisotopic (exact) mass is 360 g/mol. The molecule has 0 unspecified atom stereocenters. The Morgan fingerprint density at radius 3 is 1.89 bits per heavy atom. The second-order valence-electron chi connectivity index (χ2n) is 6.99. The Labute approximate surface area is 164 Å². The van der Waals surface area contributed by atoms with Crippen molar-refractivity contribution in [2.75, 3.05) is 0 Å². The van der Waals surface area contributed by atoms with Crippen LogP contribution in [0.3, 0.4) is 0 Å². The number of rotatable bonds is 3. The molecule has 2 heteroatoms. The van der Waals surface area contributed by atoms with E-state index < -0.39 is 0 Å². The van der Waals surface area contributed by atoms with Gasteiger partial charge in [0.2, 0.25) is 0 Å². The van der Waals surface area contributed by atoms with Crippen molar-refractivity contribution < 1.29 is 0 Å². The lowest BCUT2D eigenvalue weighted by Crippen LogP contribution is -1.95. The van der Waals surface area contributed by atoms with Crippen molar-refractivity contribution in [2.45, 2.75) is 0 Å². The van der Waals surface area contributed by atoms with Gasteiger partial charge < -0.3 is 4.57 Å². The van der Waals surface area contributed by atoms with Crippen molar-refractivity contribution >= 4 is 10.8 Å². The second kappa shape index (κ2) is 6.82. The zero-order valence-electron chi connectivity index (χ0n) is 15.7. The van der Waals surface area contributed by atoms with E-state index >= 15 is 0 Å². The van der Waals surface area contributed by atoms with E-state index in [0.29, 0.717) is 0 Å². The van der Waals surface area contributed by atoms with E-state index in [9.17, 15) is 0 Å². The van der Waals surface area contributed by atoms with Crippen molar-refractivity contribution in [3.8, 4) is 33.9 Å². The predicted molar refractivity (Wildman–Crippen MR) is 117 cm³/mol. The molecule has 0 aliphatic carbocycles. The summed E-state index contributed by atoms with van der Waals surface area (Å²) >= 11 is 0. The minimum atomic E-state index is 0.975. The molecular weight excluding hydrogens is 340 g/mol. The Morgan fingerprint density at radius 1 is 0.571 bits per heavy atom. The number of aromatic nitrogens is 2. The Hall–Kier alpha value is -3.65. The van der Waals surface area contributed by atoms with Crippen LogP contribution in [0, 0.1) is 0 Å². The zero-order chi connectivity index (χ0) is 18.9. The van der Waals surface area contributed by atoms with E-state index in [4.69, 9.17) is 4.98 Å². The summed E-state index contributed by atoms with van der Waals surface area (Å²) in [5.74, 6) is 0.975. The first kappa shape index (κ1) is 16.5. The molecule has 0 atom stereocenters. The van der Waals surface area contributed by atoms with Crippen LogP contribution in [0.25, 0.3) is 44.7 Å². The third kappa shape index (κ3) is 2.80. The quantitative estimate of drug-likeness (QED) is 0.355. The van der Waals surface area contributed by atoms with Gasteiger partial charge in [0.05, 0.1) is 11.4 Å². The van der Waals surface area contributed by atoms with Gasteiger partial charge in [0.1, 0.15) is 5.82 Å². The largest absolute Gasteiger partial charge is 0.327 e. The predicted octanol–water partition coefficient (Wildman–Crippen LogP) is 6.57. The topological polar surface area (TPSA) is 17.8 Å². The fourth-order valence-electron chi connectivity index (χ4n) is 3.81. The van der Waals surface area contributed by atoms with Gasteiger partial charge in [-0.05, 0) is 16.8 Å². The van der Waals surface area contributed by atoms with E-state index in [1.807, 2.05) is 12.1 Å². The van der Waals surface area contributed by atoms with Gasteiger partial charge in [0, 0.05) is 23.7 Å². The first-order valence-corrected chi connectivity index (χ1v) is 9.48. The van der Waals surface area contributed by atoms with E-state index in [1.54, 1.807) is 0 Å². The first-order chi connectivity index (χ1) is 13.8. The van der Waals surface area contributed by atoms with Crippen LogP contribution in [-0.4, -0.2) is 9.55 Å². The molecule has 0 saturated heterocycles. The number of fused-ring (bicyclic) bond motifs is 1. The van der Waals surface area contributed by atoms with Gasteiger partial charge in [0.15, 0.2) is 0 Å². The minimum Gasteiger partial charge on any atom is -0.327 e. The maximum absolute atomic E-state index is 5.07. The number of imidazole rings is 1. The van der Waals surface area contributed by atoms with Crippen molar-refractivity contribution in [1.82, 2.24) is 9.55 Å². The molecule has 4 aromatic carbocycles. The molecule has 0 amide bonds. The summed E-state index contributed by atoms with van der Waals surface area (Å²) in [6.45, 7) is 0. The normalized spacial score (nSPS) is 11.0. The summed E-state index contributed by atoms with van der Waals surface area (Å²) < 4.78 is 2.21. The summed E-state index contributed by atoms with van der Waals surface area (Å²) in [6, 6.07) is 35.9. The third-order valence-electron chi connectivity index (χ3n) is 5.20. The highest BCUT2D eigenvalue weighted by molar-refractivity contribution is 5.90. The van der Waals surface area contributed by atoms with Gasteiger partial charge in [-0.2, -0.15) is 0 Å². The third-order valence-corrected chi connectivity index (χ3v) is 5.20. The molecule has 0 spiro atoms. The summed E-state index contributed by atoms with van der Waals surface area (Å²) in [5, 5.41) is 2.49. The average Bonchev–Trinajstić information content (AvgIpc) is 3.12. The second-order valence-corrected chi connectivity index (χ2v) is 6.99. The lowest BCUT2D eigenvalue weighted by Gasteiger charge is -2.09. The maximum atomic E-state index is 5.07. The summed E-state index contributed by atoms with van der Waals surface area (Å²) in [7, 11) is 2.10. The van der Waals surface area contributed by atoms with Crippen LogP contribution in [0.2, 0.25) is 0 Å². The molecule has 5 rings (SSSR count).